The van der Waals surface area contributed by atoms with E-state index in [0.717, 1.165) is 24.6 Å². The van der Waals surface area contributed by atoms with Crippen molar-refractivity contribution in [2.75, 3.05) is 13.7 Å². The molecule has 0 amide bonds. The first-order chi connectivity index (χ1) is 4.90. The Balaban J connectivity index is 1.84. The Labute approximate surface area is 61.9 Å². The van der Waals surface area contributed by atoms with E-state index in [-0.39, 0.29) is 0 Å². The van der Waals surface area contributed by atoms with Crippen molar-refractivity contribution in [3.8, 4) is 0 Å². The zero-order valence-corrected chi connectivity index (χ0v) is 6.47. The van der Waals surface area contributed by atoms with Crippen molar-refractivity contribution in [3.05, 3.63) is 0 Å². The molecular formula is C8H15NO. The predicted molar refractivity (Wildman–Crippen MR) is 39.9 cm³/mol. The second-order valence-electron chi connectivity index (χ2n) is 3.50. The van der Waals surface area contributed by atoms with E-state index in [2.05, 4.69) is 5.32 Å². The number of piperidine rings is 1. The van der Waals surface area contributed by atoms with Crippen LogP contribution in [0.1, 0.15) is 19.3 Å². The molecule has 2 bridgehead atoms. The van der Waals surface area contributed by atoms with Crippen LogP contribution in [0.2, 0.25) is 0 Å². The summed E-state index contributed by atoms with van der Waals surface area (Å²) in [4.78, 5) is 0. The monoisotopic (exact) mass is 141 g/mol. The molecule has 2 aliphatic heterocycles. The SMILES string of the molecule is COCC1CCC2CC1N2. The molecule has 58 valence electrons. The lowest BCUT2D eigenvalue weighted by molar-refractivity contribution is 0.0472. The van der Waals surface area contributed by atoms with Crippen molar-refractivity contribution < 1.29 is 4.74 Å². The molecule has 3 atom stereocenters. The fourth-order valence-electron chi connectivity index (χ4n) is 2.14. The number of nitrogens with one attached hydrogen (secondary N) is 1. The quantitative estimate of drug-likeness (QED) is 0.613. The summed E-state index contributed by atoms with van der Waals surface area (Å²) in [7, 11) is 1.80. The lowest BCUT2D eigenvalue weighted by atomic mass is 9.75. The molecule has 0 aromatic rings. The van der Waals surface area contributed by atoms with Gasteiger partial charge in [0.2, 0.25) is 0 Å². The molecule has 0 aromatic carbocycles. The molecule has 2 nitrogen and oxygen atoms in total. The highest BCUT2D eigenvalue weighted by atomic mass is 16.5. The highest BCUT2D eigenvalue weighted by Crippen LogP contribution is 2.32. The van der Waals surface area contributed by atoms with Crippen molar-refractivity contribution >= 4 is 0 Å². The first kappa shape index (κ1) is 6.62. The molecule has 2 heterocycles. The lowest BCUT2D eigenvalue weighted by Gasteiger charge is -2.47. The fraction of sp³-hybridized carbons (Fsp3) is 1.00. The first-order valence-corrected chi connectivity index (χ1v) is 4.15. The van der Waals surface area contributed by atoms with Crippen LogP contribution in [0, 0.1) is 5.92 Å². The Kier molecular flexibility index (Phi) is 1.66. The average molecular weight is 141 g/mol. The topological polar surface area (TPSA) is 21.3 Å². The molecule has 3 rings (SSSR count). The third-order valence-electron chi connectivity index (χ3n) is 2.82. The van der Waals surface area contributed by atoms with Gasteiger partial charge in [0.25, 0.3) is 0 Å². The number of hydrogen-bond acceptors (Lipinski definition) is 2. The van der Waals surface area contributed by atoms with Crippen LogP contribution in [-0.4, -0.2) is 25.8 Å². The molecule has 1 saturated carbocycles. The van der Waals surface area contributed by atoms with Gasteiger partial charge in [-0.2, -0.15) is 0 Å². The van der Waals surface area contributed by atoms with Crippen LogP contribution in [0.15, 0.2) is 0 Å². The second-order valence-corrected chi connectivity index (χ2v) is 3.50. The minimum absolute atomic E-state index is 0.790. The standard InChI is InChI=1S/C8H15NO/c1-10-5-6-2-3-7-4-8(6)9-7/h6-9H,2-5H2,1H3. The molecule has 10 heavy (non-hydrogen) atoms. The third-order valence-corrected chi connectivity index (χ3v) is 2.82. The van der Waals surface area contributed by atoms with Gasteiger partial charge in [-0.3, -0.25) is 0 Å². The Morgan fingerprint density at radius 1 is 1.50 bits per heavy atom. The van der Waals surface area contributed by atoms with Crippen molar-refractivity contribution in [1.29, 1.82) is 0 Å². The first-order valence-electron chi connectivity index (χ1n) is 4.15. The van der Waals surface area contributed by atoms with Gasteiger partial charge in [-0.1, -0.05) is 0 Å². The van der Waals surface area contributed by atoms with Gasteiger partial charge in [-0.15, -0.1) is 0 Å². The van der Waals surface area contributed by atoms with Crippen molar-refractivity contribution in [3.63, 3.8) is 0 Å². The maximum Gasteiger partial charge on any atom is 0.0505 e. The number of ether oxygens (including phenoxy) is 1. The lowest BCUT2D eigenvalue weighted by Crippen LogP contribution is -2.60. The zero-order valence-electron chi connectivity index (χ0n) is 6.47. The molecule has 0 spiro atoms. The molecule has 0 aromatic heterocycles. The second kappa shape index (κ2) is 2.51. The summed E-state index contributed by atoms with van der Waals surface area (Å²) in [5, 5.41) is 3.53. The Morgan fingerprint density at radius 3 is 2.80 bits per heavy atom. The Bertz CT molecular complexity index is 116. The Hall–Kier alpha value is -0.0800. The van der Waals surface area contributed by atoms with E-state index in [1.807, 2.05) is 0 Å². The van der Waals surface area contributed by atoms with Gasteiger partial charge in [-0.05, 0) is 25.2 Å². The number of fused-ring (bicyclic) bond motifs is 2. The Morgan fingerprint density at radius 2 is 2.30 bits per heavy atom. The smallest absolute Gasteiger partial charge is 0.0505 e. The van der Waals surface area contributed by atoms with Crippen LogP contribution >= 0.6 is 0 Å². The molecule has 0 radical (unpaired) electrons. The number of rotatable bonds is 2. The van der Waals surface area contributed by atoms with Crippen molar-refractivity contribution in [2.45, 2.75) is 31.3 Å². The van der Waals surface area contributed by atoms with E-state index >= 15 is 0 Å². The summed E-state index contributed by atoms with van der Waals surface area (Å²) in [5.41, 5.74) is 0. The van der Waals surface area contributed by atoms with E-state index in [1.165, 1.54) is 19.3 Å². The summed E-state index contributed by atoms with van der Waals surface area (Å²) in [6, 6.07) is 1.65. The third kappa shape index (κ3) is 0.956. The summed E-state index contributed by atoms with van der Waals surface area (Å²) in [6.45, 7) is 0.949. The minimum Gasteiger partial charge on any atom is -0.384 e. The van der Waals surface area contributed by atoms with Crippen LogP contribution in [0.3, 0.4) is 0 Å². The molecule has 3 aliphatic rings. The largest absolute Gasteiger partial charge is 0.384 e. The van der Waals surface area contributed by atoms with Crippen molar-refractivity contribution in [2.24, 2.45) is 5.92 Å². The van der Waals surface area contributed by atoms with Crippen LogP contribution in [0.25, 0.3) is 0 Å². The van der Waals surface area contributed by atoms with Crippen LogP contribution in [0.4, 0.5) is 0 Å². The average Bonchev–Trinajstić information content (AvgIpc) is 1.87. The van der Waals surface area contributed by atoms with Gasteiger partial charge >= 0.3 is 0 Å². The zero-order chi connectivity index (χ0) is 6.97. The van der Waals surface area contributed by atoms with Gasteiger partial charge in [0.05, 0.1) is 6.61 Å². The van der Waals surface area contributed by atoms with Crippen LogP contribution < -0.4 is 5.32 Å². The van der Waals surface area contributed by atoms with E-state index in [9.17, 15) is 0 Å². The maximum atomic E-state index is 5.14. The summed E-state index contributed by atoms with van der Waals surface area (Å²) >= 11 is 0. The summed E-state index contributed by atoms with van der Waals surface area (Å²) in [5.74, 6) is 0.801. The molecule has 3 fully saturated rings. The molecular weight excluding hydrogens is 126 g/mol. The van der Waals surface area contributed by atoms with Crippen LogP contribution in [-0.2, 0) is 4.74 Å². The molecule has 2 saturated heterocycles. The number of hydrogen-bond donors (Lipinski definition) is 1. The highest BCUT2D eigenvalue weighted by molar-refractivity contribution is 4.97. The van der Waals surface area contributed by atoms with Gasteiger partial charge in [-0.25, -0.2) is 0 Å². The molecule has 1 N–H and O–H groups in total. The van der Waals surface area contributed by atoms with E-state index in [1.54, 1.807) is 7.11 Å². The number of methoxy groups -OCH3 is 1. The van der Waals surface area contributed by atoms with Gasteiger partial charge < -0.3 is 10.1 Å². The molecule has 3 unspecified atom stereocenters. The van der Waals surface area contributed by atoms with E-state index < -0.39 is 0 Å². The normalized spacial score (nSPS) is 44.7. The van der Waals surface area contributed by atoms with Gasteiger partial charge in [0.15, 0.2) is 0 Å². The molecule has 2 heteroatoms. The van der Waals surface area contributed by atoms with Crippen LogP contribution in [0.5, 0.6) is 0 Å². The summed E-state index contributed by atoms with van der Waals surface area (Å²) in [6.07, 6.45) is 4.13. The minimum atomic E-state index is 0.790. The van der Waals surface area contributed by atoms with E-state index in [0.29, 0.717) is 0 Å². The van der Waals surface area contributed by atoms with E-state index in [4.69, 9.17) is 4.74 Å². The molecule has 1 aliphatic carbocycles. The highest BCUT2D eigenvalue weighted by Gasteiger charge is 2.38. The van der Waals surface area contributed by atoms with Gasteiger partial charge in [0.1, 0.15) is 0 Å². The fourth-order valence-corrected chi connectivity index (χ4v) is 2.14. The predicted octanol–water partition coefficient (Wildman–Crippen LogP) is 0.773. The summed E-state index contributed by atoms with van der Waals surface area (Å²) < 4.78 is 5.14. The van der Waals surface area contributed by atoms with Gasteiger partial charge in [0, 0.05) is 19.2 Å². The van der Waals surface area contributed by atoms with Crippen molar-refractivity contribution in [1.82, 2.24) is 5.32 Å². The maximum absolute atomic E-state index is 5.14.